The van der Waals surface area contributed by atoms with E-state index in [9.17, 15) is 0 Å². The molecule has 0 aromatic heterocycles. The predicted molar refractivity (Wildman–Crippen MR) is 90.7 cm³/mol. The maximum Gasteiger partial charge on any atom is 0.0542 e. The molecule has 1 nitrogen and oxygen atoms in total. The Balaban J connectivity index is 1.74. The first-order valence-electron chi connectivity index (χ1n) is 8.19. The molecular formula is C20H25N. The third kappa shape index (κ3) is 3.47. The van der Waals surface area contributed by atoms with Crippen LogP contribution in [-0.4, -0.2) is 0 Å². The summed E-state index contributed by atoms with van der Waals surface area (Å²) in [5, 5.41) is 3.74. The molecular weight excluding hydrogens is 254 g/mol. The molecule has 1 fully saturated rings. The summed E-state index contributed by atoms with van der Waals surface area (Å²) in [5.74, 6) is 1.44. The molecule has 1 N–H and O–H groups in total. The lowest BCUT2D eigenvalue weighted by molar-refractivity contribution is 0.678. The Morgan fingerprint density at radius 2 is 1.62 bits per heavy atom. The fourth-order valence-corrected chi connectivity index (χ4v) is 2.89. The summed E-state index contributed by atoms with van der Waals surface area (Å²) < 4.78 is 0. The number of hydrogen-bond donors (Lipinski definition) is 1. The first-order valence-corrected chi connectivity index (χ1v) is 8.19. The molecule has 0 saturated heterocycles. The number of anilines is 1. The van der Waals surface area contributed by atoms with Gasteiger partial charge in [-0.05, 0) is 54.4 Å². The molecule has 0 heterocycles. The van der Waals surface area contributed by atoms with E-state index in [0.717, 1.165) is 5.92 Å². The highest BCUT2D eigenvalue weighted by Gasteiger charge is 2.32. The van der Waals surface area contributed by atoms with Gasteiger partial charge in [-0.1, -0.05) is 56.3 Å². The fourth-order valence-electron chi connectivity index (χ4n) is 2.89. The van der Waals surface area contributed by atoms with Gasteiger partial charge in [0.1, 0.15) is 0 Å². The van der Waals surface area contributed by atoms with E-state index >= 15 is 0 Å². The Labute approximate surface area is 128 Å². The minimum absolute atomic E-state index is 0.459. The second kappa shape index (κ2) is 6.34. The van der Waals surface area contributed by atoms with Crippen LogP contribution in [0.3, 0.4) is 0 Å². The van der Waals surface area contributed by atoms with Crippen molar-refractivity contribution in [1.29, 1.82) is 0 Å². The average Bonchev–Trinajstić information content (AvgIpc) is 3.38. The number of nitrogens with one attached hydrogen (secondary N) is 1. The van der Waals surface area contributed by atoms with Crippen LogP contribution in [0.4, 0.5) is 5.69 Å². The summed E-state index contributed by atoms with van der Waals surface area (Å²) >= 11 is 0. The van der Waals surface area contributed by atoms with Crippen molar-refractivity contribution in [3.05, 3.63) is 65.7 Å². The third-order valence-electron chi connectivity index (χ3n) is 4.67. The zero-order valence-corrected chi connectivity index (χ0v) is 13.0. The van der Waals surface area contributed by atoms with E-state index < -0.39 is 0 Å². The summed E-state index contributed by atoms with van der Waals surface area (Å²) in [5.41, 5.74) is 4.08. The van der Waals surface area contributed by atoms with Gasteiger partial charge in [0.25, 0.3) is 0 Å². The van der Waals surface area contributed by atoms with E-state index in [-0.39, 0.29) is 0 Å². The van der Waals surface area contributed by atoms with E-state index in [1.54, 1.807) is 0 Å². The molecule has 2 unspecified atom stereocenters. The molecule has 21 heavy (non-hydrogen) atoms. The molecule has 0 radical (unpaired) electrons. The summed E-state index contributed by atoms with van der Waals surface area (Å²) in [6.45, 7) is 4.54. The van der Waals surface area contributed by atoms with Crippen LogP contribution in [0.1, 0.15) is 56.2 Å². The first kappa shape index (κ1) is 14.2. The SMILES string of the molecule is CCC(C)c1ccc(NC(c2ccccc2)C2CC2)cc1. The van der Waals surface area contributed by atoms with Gasteiger partial charge in [-0.25, -0.2) is 0 Å². The van der Waals surface area contributed by atoms with Gasteiger partial charge in [0.2, 0.25) is 0 Å². The lowest BCUT2D eigenvalue weighted by atomic mass is 9.98. The van der Waals surface area contributed by atoms with Crippen LogP contribution in [0.15, 0.2) is 54.6 Å². The van der Waals surface area contributed by atoms with Gasteiger partial charge < -0.3 is 5.32 Å². The molecule has 1 saturated carbocycles. The van der Waals surface area contributed by atoms with Crippen molar-refractivity contribution in [2.75, 3.05) is 5.32 Å². The van der Waals surface area contributed by atoms with Crippen molar-refractivity contribution < 1.29 is 0 Å². The van der Waals surface area contributed by atoms with Gasteiger partial charge >= 0.3 is 0 Å². The third-order valence-corrected chi connectivity index (χ3v) is 4.67. The van der Waals surface area contributed by atoms with Gasteiger partial charge in [0.15, 0.2) is 0 Å². The van der Waals surface area contributed by atoms with Crippen molar-refractivity contribution in [2.24, 2.45) is 5.92 Å². The normalized spacial score (nSPS) is 17.2. The van der Waals surface area contributed by atoms with Crippen LogP contribution in [0.2, 0.25) is 0 Å². The van der Waals surface area contributed by atoms with E-state index in [0.29, 0.717) is 12.0 Å². The first-order chi connectivity index (χ1) is 10.3. The summed E-state index contributed by atoms with van der Waals surface area (Å²) in [6, 6.07) is 20.3. The average molecular weight is 279 g/mol. The van der Waals surface area contributed by atoms with Gasteiger partial charge in [-0.2, -0.15) is 0 Å². The molecule has 0 spiro atoms. The highest BCUT2D eigenvalue weighted by atomic mass is 14.9. The highest BCUT2D eigenvalue weighted by Crippen LogP contribution is 2.42. The van der Waals surface area contributed by atoms with E-state index in [1.165, 1.54) is 36.1 Å². The Bertz CT molecular complexity index is 554. The van der Waals surface area contributed by atoms with Gasteiger partial charge in [0.05, 0.1) is 6.04 Å². The maximum absolute atomic E-state index is 3.74. The highest BCUT2D eigenvalue weighted by molar-refractivity contribution is 5.48. The zero-order valence-electron chi connectivity index (χ0n) is 13.0. The second-order valence-electron chi connectivity index (χ2n) is 6.30. The molecule has 1 aliphatic carbocycles. The van der Waals surface area contributed by atoms with Crippen LogP contribution in [-0.2, 0) is 0 Å². The topological polar surface area (TPSA) is 12.0 Å². The molecule has 2 aromatic rings. The minimum Gasteiger partial charge on any atom is -0.378 e. The Kier molecular flexibility index (Phi) is 4.28. The monoisotopic (exact) mass is 279 g/mol. The lowest BCUT2D eigenvalue weighted by Crippen LogP contribution is -2.12. The van der Waals surface area contributed by atoms with Crippen molar-refractivity contribution in [3.63, 3.8) is 0 Å². The van der Waals surface area contributed by atoms with Gasteiger partial charge in [-0.3, -0.25) is 0 Å². The quantitative estimate of drug-likeness (QED) is 0.708. The summed E-state index contributed by atoms with van der Waals surface area (Å²) in [6.07, 6.45) is 3.89. The van der Waals surface area contributed by atoms with E-state index in [1.807, 2.05) is 0 Å². The standard InChI is InChI=1S/C20H25N/c1-3-15(2)16-11-13-19(14-12-16)21-20(18-9-10-18)17-7-5-4-6-8-17/h4-8,11-15,18,20-21H,3,9-10H2,1-2H3. The largest absolute Gasteiger partial charge is 0.378 e. The smallest absolute Gasteiger partial charge is 0.0542 e. The van der Waals surface area contributed by atoms with Crippen LogP contribution in [0.25, 0.3) is 0 Å². The lowest BCUT2D eigenvalue weighted by Gasteiger charge is -2.20. The number of benzene rings is 2. The molecule has 110 valence electrons. The second-order valence-corrected chi connectivity index (χ2v) is 6.30. The molecule has 0 amide bonds. The number of rotatable bonds is 6. The molecule has 1 aliphatic rings. The molecule has 3 rings (SSSR count). The Morgan fingerprint density at radius 1 is 0.952 bits per heavy atom. The maximum atomic E-state index is 3.74. The van der Waals surface area contributed by atoms with Gasteiger partial charge in [0, 0.05) is 5.69 Å². The summed E-state index contributed by atoms with van der Waals surface area (Å²) in [4.78, 5) is 0. The predicted octanol–water partition coefficient (Wildman–Crippen LogP) is 5.76. The van der Waals surface area contributed by atoms with E-state index in [2.05, 4.69) is 73.8 Å². The van der Waals surface area contributed by atoms with Crippen LogP contribution < -0.4 is 5.32 Å². The van der Waals surface area contributed by atoms with Crippen molar-refractivity contribution in [2.45, 2.75) is 45.1 Å². The van der Waals surface area contributed by atoms with Crippen LogP contribution >= 0.6 is 0 Å². The number of hydrogen-bond acceptors (Lipinski definition) is 1. The van der Waals surface area contributed by atoms with Crippen molar-refractivity contribution in [1.82, 2.24) is 0 Å². The molecule has 2 aromatic carbocycles. The molecule has 2 atom stereocenters. The molecule has 0 bridgehead atoms. The van der Waals surface area contributed by atoms with Gasteiger partial charge in [-0.15, -0.1) is 0 Å². The van der Waals surface area contributed by atoms with Crippen LogP contribution in [0, 0.1) is 5.92 Å². The van der Waals surface area contributed by atoms with Crippen molar-refractivity contribution >= 4 is 5.69 Å². The Hall–Kier alpha value is -1.76. The summed E-state index contributed by atoms with van der Waals surface area (Å²) in [7, 11) is 0. The Morgan fingerprint density at radius 3 is 2.19 bits per heavy atom. The minimum atomic E-state index is 0.459. The fraction of sp³-hybridized carbons (Fsp3) is 0.400. The van der Waals surface area contributed by atoms with Crippen molar-refractivity contribution in [3.8, 4) is 0 Å². The molecule has 0 aliphatic heterocycles. The molecule has 1 heteroatoms. The van der Waals surface area contributed by atoms with E-state index in [4.69, 9.17) is 0 Å². The van der Waals surface area contributed by atoms with Crippen LogP contribution in [0.5, 0.6) is 0 Å². The zero-order chi connectivity index (χ0) is 14.7.